The summed E-state index contributed by atoms with van der Waals surface area (Å²) in [6, 6.07) is 16.4. The number of carbonyl (C=O) groups is 2. The van der Waals surface area contributed by atoms with Gasteiger partial charge in [0.15, 0.2) is 5.76 Å². The van der Waals surface area contributed by atoms with Crippen molar-refractivity contribution >= 4 is 23.4 Å². The van der Waals surface area contributed by atoms with E-state index in [0.29, 0.717) is 22.4 Å². The summed E-state index contributed by atoms with van der Waals surface area (Å²) in [7, 11) is 1.55. The summed E-state index contributed by atoms with van der Waals surface area (Å²) in [5, 5.41) is 9.48. The van der Waals surface area contributed by atoms with Crippen molar-refractivity contribution in [2.75, 3.05) is 7.11 Å². The summed E-state index contributed by atoms with van der Waals surface area (Å²) < 4.78 is 15.8. The van der Waals surface area contributed by atoms with Crippen molar-refractivity contribution in [3.63, 3.8) is 0 Å². The number of Topliss-reactive ketones (excluding diaryl/α,β-unsaturated/α-hetero) is 1. The fourth-order valence-corrected chi connectivity index (χ4v) is 3.03. The monoisotopic (exact) mass is 388 g/mol. The van der Waals surface area contributed by atoms with Crippen LogP contribution in [0.3, 0.4) is 0 Å². The molecule has 1 aliphatic heterocycles. The number of phenolic OH excluding ortho intramolecular Hbond substituents is 1. The Morgan fingerprint density at radius 2 is 1.76 bits per heavy atom. The summed E-state index contributed by atoms with van der Waals surface area (Å²) in [5.41, 5.74) is 1.59. The molecule has 6 heteroatoms. The number of carbonyl (C=O) groups excluding carboxylic acids is 2. The maximum absolute atomic E-state index is 12.9. The van der Waals surface area contributed by atoms with E-state index in [1.807, 2.05) is 0 Å². The predicted octanol–water partition coefficient (Wildman–Crippen LogP) is 4.23. The van der Waals surface area contributed by atoms with Crippen LogP contribution < -0.4 is 4.74 Å². The Morgan fingerprint density at radius 1 is 1.03 bits per heavy atom. The summed E-state index contributed by atoms with van der Waals surface area (Å²) in [6.45, 7) is 0. The summed E-state index contributed by atoms with van der Waals surface area (Å²) >= 11 is 0. The number of ether oxygens (including phenoxy) is 2. The molecule has 3 aromatic rings. The van der Waals surface area contributed by atoms with E-state index in [0.717, 1.165) is 0 Å². The summed E-state index contributed by atoms with van der Waals surface area (Å²) in [6.07, 6.45) is 3.01. The van der Waals surface area contributed by atoms with Gasteiger partial charge in [0.25, 0.3) is 0 Å². The van der Waals surface area contributed by atoms with E-state index in [1.165, 1.54) is 24.5 Å². The van der Waals surface area contributed by atoms with Gasteiger partial charge in [0, 0.05) is 5.57 Å². The summed E-state index contributed by atoms with van der Waals surface area (Å²) in [4.78, 5) is 25.6. The van der Waals surface area contributed by atoms with Gasteiger partial charge in [-0.2, -0.15) is 0 Å². The molecule has 0 aliphatic carbocycles. The number of aromatic hydroxyl groups is 1. The highest BCUT2D eigenvalue weighted by Crippen LogP contribution is 2.38. The molecule has 1 aliphatic rings. The van der Waals surface area contributed by atoms with Crippen molar-refractivity contribution in [1.29, 1.82) is 0 Å². The number of allylic oxidation sites excluding steroid dienone is 1. The lowest BCUT2D eigenvalue weighted by Gasteiger charge is -2.07. The van der Waals surface area contributed by atoms with Crippen LogP contribution in [0, 0.1) is 0 Å². The zero-order chi connectivity index (χ0) is 20.4. The Balaban J connectivity index is 1.87. The molecule has 0 radical (unpaired) electrons. The third kappa shape index (κ3) is 3.55. The molecule has 0 saturated heterocycles. The molecular formula is C23H16O6. The predicted molar refractivity (Wildman–Crippen MR) is 105 cm³/mol. The van der Waals surface area contributed by atoms with E-state index >= 15 is 0 Å². The van der Waals surface area contributed by atoms with Gasteiger partial charge in [-0.05, 0) is 53.6 Å². The van der Waals surface area contributed by atoms with Gasteiger partial charge in [0.1, 0.15) is 22.8 Å². The number of phenols is 1. The molecule has 4 rings (SSSR count). The molecule has 6 nitrogen and oxygen atoms in total. The van der Waals surface area contributed by atoms with Crippen molar-refractivity contribution < 1.29 is 28.6 Å². The molecule has 29 heavy (non-hydrogen) atoms. The minimum Gasteiger partial charge on any atom is -0.508 e. The highest BCUT2D eigenvalue weighted by atomic mass is 16.5. The molecule has 0 bridgehead atoms. The van der Waals surface area contributed by atoms with Gasteiger partial charge in [0.2, 0.25) is 5.78 Å². The fraction of sp³-hybridized carbons (Fsp3) is 0.0435. The summed E-state index contributed by atoms with van der Waals surface area (Å²) in [5.74, 6) is -0.255. The van der Waals surface area contributed by atoms with Gasteiger partial charge in [-0.1, -0.05) is 24.3 Å². The smallest absolute Gasteiger partial charge is 0.348 e. The first-order valence-electron chi connectivity index (χ1n) is 8.77. The van der Waals surface area contributed by atoms with Crippen LogP contribution in [0.5, 0.6) is 11.5 Å². The van der Waals surface area contributed by atoms with Crippen molar-refractivity contribution in [2.24, 2.45) is 0 Å². The molecule has 1 aromatic heterocycles. The van der Waals surface area contributed by atoms with Crippen LogP contribution >= 0.6 is 0 Å². The number of hydrogen-bond donors (Lipinski definition) is 1. The van der Waals surface area contributed by atoms with E-state index < -0.39 is 11.8 Å². The molecule has 0 fully saturated rings. The lowest BCUT2D eigenvalue weighted by atomic mass is 9.95. The standard InChI is InChI=1S/C23H16O6/c1-27-17-10-6-15(7-11-17)20-19(13-14-4-8-16(24)9-5-14)29-23(26)21(20)22(25)18-3-2-12-28-18/h2-13,24H,1H3/b19-13-. The molecule has 0 unspecified atom stereocenters. The van der Waals surface area contributed by atoms with Crippen molar-refractivity contribution in [1.82, 2.24) is 0 Å². The average molecular weight is 388 g/mol. The van der Waals surface area contributed by atoms with E-state index in [2.05, 4.69) is 0 Å². The Kier molecular flexibility index (Phi) is 4.75. The molecule has 2 aromatic carbocycles. The Morgan fingerprint density at radius 3 is 2.38 bits per heavy atom. The number of ketones is 1. The zero-order valence-corrected chi connectivity index (χ0v) is 15.4. The Labute approximate surface area is 166 Å². The fourth-order valence-electron chi connectivity index (χ4n) is 3.03. The molecular weight excluding hydrogens is 372 g/mol. The molecule has 0 saturated carbocycles. The SMILES string of the molecule is COc1ccc(C2=C(C(=O)c3ccco3)C(=O)O/C2=C\c2ccc(O)cc2)cc1. The second-order valence-corrected chi connectivity index (χ2v) is 6.27. The number of methoxy groups -OCH3 is 1. The maximum Gasteiger partial charge on any atom is 0.348 e. The first kappa shape index (κ1) is 18.3. The Bertz CT molecular complexity index is 1120. The van der Waals surface area contributed by atoms with E-state index in [-0.39, 0.29) is 22.8 Å². The molecule has 0 spiro atoms. The van der Waals surface area contributed by atoms with Gasteiger partial charge in [-0.15, -0.1) is 0 Å². The van der Waals surface area contributed by atoms with Crippen molar-refractivity contribution in [3.8, 4) is 11.5 Å². The van der Waals surface area contributed by atoms with Gasteiger partial charge in [-0.3, -0.25) is 4.79 Å². The average Bonchev–Trinajstić information content (AvgIpc) is 3.37. The third-order valence-electron chi connectivity index (χ3n) is 4.44. The lowest BCUT2D eigenvalue weighted by molar-refractivity contribution is -0.132. The minimum atomic E-state index is -0.748. The maximum atomic E-state index is 12.9. The van der Waals surface area contributed by atoms with E-state index in [4.69, 9.17) is 13.9 Å². The van der Waals surface area contributed by atoms with Crippen LogP contribution in [-0.2, 0) is 9.53 Å². The number of esters is 1. The highest BCUT2D eigenvalue weighted by molar-refractivity contribution is 6.31. The topological polar surface area (TPSA) is 86.0 Å². The van der Waals surface area contributed by atoms with Crippen LogP contribution in [0.25, 0.3) is 11.6 Å². The number of cyclic esters (lactones) is 1. The number of furan rings is 1. The number of benzene rings is 2. The molecule has 144 valence electrons. The lowest BCUT2D eigenvalue weighted by Crippen LogP contribution is -2.10. The molecule has 0 amide bonds. The van der Waals surface area contributed by atoms with Gasteiger partial charge < -0.3 is 19.0 Å². The molecule has 1 N–H and O–H groups in total. The highest BCUT2D eigenvalue weighted by Gasteiger charge is 2.37. The van der Waals surface area contributed by atoms with Gasteiger partial charge >= 0.3 is 5.97 Å². The van der Waals surface area contributed by atoms with Crippen molar-refractivity contribution in [3.05, 3.63) is 95.1 Å². The van der Waals surface area contributed by atoms with Crippen LogP contribution in [-0.4, -0.2) is 24.0 Å². The van der Waals surface area contributed by atoms with E-state index in [9.17, 15) is 14.7 Å². The largest absolute Gasteiger partial charge is 0.508 e. The first-order chi connectivity index (χ1) is 14.1. The second-order valence-electron chi connectivity index (χ2n) is 6.27. The third-order valence-corrected chi connectivity index (χ3v) is 4.44. The normalized spacial score (nSPS) is 14.9. The van der Waals surface area contributed by atoms with Crippen LogP contribution in [0.4, 0.5) is 0 Å². The zero-order valence-electron chi connectivity index (χ0n) is 15.4. The Hall–Kier alpha value is -4.06. The quantitative estimate of drug-likeness (QED) is 0.400. The van der Waals surface area contributed by atoms with Gasteiger partial charge in [0.05, 0.1) is 13.4 Å². The van der Waals surface area contributed by atoms with E-state index in [1.54, 1.807) is 55.7 Å². The molecule has 2 heterocycles. The van der Waals surface area contributed by atoms with Crippen molar-refractivity contribution in [2.45, 2.75) is 0 Å². The first-order valence-corrected chi connectivity index (χ1v) is 8.77. The number of rotatable bonds is 5. The van der Waals surface area contributed by atoms with Gasteiger partial charge in [-0.25, -0.2) is 4.79 Å². The van der Waals surface area contributed by atoms with Crippen LogP contribution in [0.1, 0.15) is 21.7 Å². The minimum absolute atomic E-state index is 0.0499. The molecule has 0 atom stereocenters. The second kappa shape index (κ2) is 7.52. The number of hydrogen-bond acceptors (Lipinski definition) is 6. The van der Waals surface area contributed by atoms with Crippen LogP contribution in [0.2, 0.25) is 0 Å². The van der Waals surface area contributed by atoms with Crippen LogP contribution in [0.15, 0.2) is 82.7 Å².